The van der Waals surface area contributed by atoms with Gasteiger partial charge in [-0.1, -0.05) is 26.3 Å². The van der Waals surface area contributed by atoms with Crippen LogP contribution in [0.4, 0.5) is 0 Å². The molecule has 16 heteroatoms. The highest BCUT2D eigenvalue weighted by Crippen LogP contribution is 2.37. The third kappa shape index (κ3) is 12.1. The van der Waals surface area contributed by atoms with Gasteiger partial charge in [-0.15, -0.1) is 0 Å². The first kappa shape index (κ1) is 43.3. The van der Waals surface area contributed by atoms with Crippen molar-refractivity contribution in [2.45, 2.75) is 90.4 Å². The Hall–Kier alpha value is -5.38. The second kappa shape index (κ2) is 21.1. The monoisotopic (exact) mass is 780 g/mol. The van der Waals surface area contributed by atoms with Crippen molar-refractivity contribution < 1.29 is 48.1 Å². The Labute approximate surface area is 328 Å². The molecule has 56 heavy (non-hydrogen) atoms. The number of hydrogen-bond donors (Lipinski definition) is 5. The molecule has 2 bridgehead atoms. The minimum absolute atomic E-state index is 0.00112. The topological polar surface area (TPSA) is 205 Å². The molecule has 3 atom stereocenters. The number of nitrogens with one attached hydrogen (secondary N) is 4. The smallest absolute Gasteiger partial charge is 0.251 e. The van der Waals surface area contributed by atoms with Crippen molar-refractivity contribution in [2.75, 3.05) is 46.9 Å². The zero-order chi connectivity index (χ0) is 40.8. The number of hydrogen-bond acceptors (Lipinski definition) is 10. The van der Waals surface area contributed by atoms with Crippen LogP contribution < -0.4 is 35.5 Å². The van der Waals surface area contributed by atoms with Crippen LogP contribution in [0.5, 0.6) is 23.0 Å². The summed E-state index contributed by atoms with van der Waals surface area (Å²) in [6, 6.07) is 7.32. The molecule has 0 saturated carbocycles. The van der Waals surface area contributed by atoms with Crippen molar-refractivity contribution in [3.05, 3.63) is 47.5 Å². The van der Waals surface area contributed by atoms with E-state index in [-0.39, 0.29) is 56.1 Å². The number of nitrogens with zero attached hydrogens (tertiary/aromatic N) is 2. The number of ether oxygens (including phenoxy) is 3. The summed E-state index contributed by atoms with van der Waals surface area (Å²) in [6.07, 6.45) is 2.57. The lowest BCUT2D eigenvalue weighted by Gasteiger charge is -2.28. The molecule has 4 rings (SSSR count). The molecule has 0 radical (unpaired) electrons. The SMILES string of the molecule is COc1ccc2cc1Oc1cccc(OC)c1CNC(=O)[C@@H](C(C)C)NC(=O)[C@H]([C@@H](C)O)NC(=O)CN(C(=O)CCN1CCCCCC1=O)CCCCNC2=O. The standard InChI is InChI=1S/C40H56N6O10/c1-25(2)36-39(52)42-23-28-29(54-4)12-11-13-30(28)56-32-22-27(15-16-31(32)55-5)38(51)41-18-8-10-20-46(24-33(48)43-37(26(3)47)40(53)44-36)35(50)17-21-45-19-9-6-7-14-34(45)49/h11-13,15-16,22,25-26,36-37,47H,6-10,14,17-21,23-24H2,1-5H3,(H,41,51)(H,42,52)(H,43,48)(H,44,53)/t26-,36-,37+/m1/s1. The van der Waals surface area contributed by atoms with Crippen molar-refractivity contribution >= 4 is 35.4 Å². The predicted octanol–water partition coefficient (Wildman–Crippen LogP) is 2.26. The van der Waals surface area contributed by atoms with E-state index in [0.717, 1.165) is 19.3 Å². The second-order valence-corrected chi connectivity index (χ2v) is 14.4. The number of methoxy groups -OCH3 is 2. The molecular formula is C40H56N6O10. The van der Waals surface area contributed by atoms with Gasteiger partial charge in [0.1, 0.15) is 23.6 Å². The molecule has 1 fully saturated rings. The van der Waals surface area contributed by atoms with E-state index in [0.29, 0.717) is 54.2 Å². The van der Waals surface area contributed by atoms with Gasteiger partial charge in [0, 0.05) is 44.6 Å². The summed E-state index contributed by atoms with van der Waals surface area (Å²) in [5.74, 6) is -1.85. The van der Waals surface area contributed by atoms with Crippen molar-refractivity contribution in [1.82, 2.24) is 31.1 Å². The normalized spacial score (nSPS) is 20.3. The van der Waals surface area contributed by atoms with Gasteiger partial charge in [-0.25, -0.2) is 0 Å². The fourth-order valence-electron chi connectivity index (χ4n) is 6.57. The zero-order valence-corrected chi connectivity index (χ0v) is 33.0. The van der Waals surface area contributed by atoms with Gasteiger partial charge in [0.2, 0.25) is 29.5 Å². The Morgan fingerprint density at radius 3 is 2.32 bits per heavy atom. The molecule has 1 saturated heterocycles. The second-order valence-electron chi connectivity index (χ2n) is 14.4. The highest BCUT2D eigenvalue weighted by atomic mass is 16.5. The maximum atomic E-state index is 13.7. The van der Waals surface area contributed by atoms with Crippen LogP contribution in [0.25, 0.3) is 0 Å². The van der Waals surface area contributed by atoms with Crippen LogP contribution in [0.15, 0.2) is 36.4 Å². The number of carbonyl (C=O) groups is 6. The quantitative estimate of drug-likeness (QED) is 0.277. The molecular weight excluding hydrogens is 724 g/mol. The third-order valence-electron chi connectivity index (χ3n) is 9.82. The van der Waals surface area contributed by atoms with Gasteiger partial charge in [-0.2, -0.15) is 0 Å². The van der Waals surface area contributed by atoms with E-state index in [1.54, 1.807) is 55.1 Å². The first-order valence-electron chi connectivity index (χ1n) is 19.2. The number of rotatable bonds is 7. The highest BCUT2D eigenvalue weighted by Gasteiger charge is 2.32. The number of benzene rings is 2. The average molecular weight is 781 g/mol. The Balaban J connectivity index is 1.62. The molecule has 2 aliphatic heterocycles. The summed E-state index contributed by atoms with van der Waals surface area (Å²) in [4.78, 5) is 83.1. The molecule has 2 heterocycles. The predicted molar refractivity (Wildman–Crippen MR) is 206 cm³/mol. The number of aliphatic hydroxyl groups excluding tert-OH is 1. The molecule has 306 valence electrons. The first-order chi connectivity index (χ1) is 26.8. The van der Waals surface area contributed by atoms with E-state index in [1.165, 1.54) is 26.0 Å². The van der Waals surface area contributed by atoms with E-state index < -0.39 is 48.4 Å². The van der Waals surface area contributed by atoms with Crippen LogP contribution in [0.3, 0.4) is 0 Å². The number of aliphatic hydroxyl groups is 1. The van der Waals surface area contributed by atoms with E-state index in [1.807, 2.05) is 0 Å². The molecule has 2 aromatic rings. The number of amides is 6. The van der Waals surface area contributed by atoms with Crippen LogP contribution in [0, 0.1) is 5.92 Å². The highest BCUT2D eigenvalue weighted by molar-refractivity contribution is 5.95. The first-order valence-corrected chi connectivity index (χ1v) is 19.2. The summed E-state index contributed by atoms with van der Waals surface area (Å²) in [6.45, 7) is 5.52. The average Bonchev–Trinajstić information content (AvgIpc) is 3.38. The van der Waals surface area contributed by atoms with Gasteiger partial charge < -0.3 is 50.4 Å². The molecule has 2 aliphatic rings. The van der Waals surface area contributed by atoms with Crippen LogP contribution in [-0.4, -0.2) is 115 Å². The van der Waals surface area contributed by atoms with Gasteiger partial charge in [-0.05, 0) is 68.9 Å². The Morgan fingerprint density at radius 2 is 1.61 bits per heavy atom. The fraction of sp³-hybridized carbons (Fsp3) is 0.550. The van der Waals surface area contributed by atoms with Crippen LogP contribution >= 0.6 is 0 Å². The van der Waals surface area contributed by atoms with Gasteiger partial charge in [0.25, 0.3) is 5.91 Å². The molecule has 0 spiro atoms. The third-order valence-corrected chi connectivity index (χ3v) is 9.82. The lowest BCUT2D eigenvalue weighted by Crippen LogP contribution is -2.59. The Kier molecular flexibility index (Phi) is 16.3. The fourth-order valence-corrected chi connectivity index (χ4v) is 6.57. The molecule has 5 N–H and O–H groups in total. The van der Waals surface area contributed by atoms with E-state index in [9.17, 15) is 33.9 Å². The molecule has 0 unspecified atom stereocenters. The van der Waals surface area contributed by atoms with Crippen LogP contribution in [-0.2, 0) is 30.5 Å². The van der Waals surface area contributed by atoms with Crippen molar-refractivity contribution in [1.29, 1.82) is 0 Å². The maximum Gasteiger partial charge on any atom is 0.251 e. The number of fused-ring (bicyclic) bond motifs is 3. The molecule has 16 nitrogen and oxygen atoms in total. The van der Waals surface area contributed by atoms with Crippen molar-refractivity contribution in [2.24, 2.45) is 5.92 Å². The van der Waals surface area contributed by atoms with Gasteiger partial charge >= 0.3 is 0 Å². The Bertz CT molecular complexity index is 1720. The van der Waals surface area contributed by atoms with Gasteiger partial charge in [0.15, 0.2) is 11.5 Å². The lowest BCUT2D eigenvalue weighted by molar-refractivity contribution is -0.139. The van der Waals surface area contributed by atoms with Gasteiger partial charge in [0.05, 0.1) is 39.0 Å². The van der Waals surface area contributed by atoms with E-state index in [2.05, 4.69) is 21.3 Å². The van der Waals surface area contributed by atoms with E-state index in [4.69, 9.17) is 14.2 Å². The van der Waals surface area contributed by atoms with Crippen LogP contribution in [0.1, 0.15) is 81.6 Å². The van der Waals surface area contributed by atoms with Crippen LogP contribution in [0.2, 0.25) is 0 Å². The van der Waals surface area contributed by atoms with Gasteiger partial charge in [-0.3, -0.25) is 28.8 Å². The minimum atomic E-state index is -1.45. The molecule has 2 aromatic carbocycles. The summed E-state index contributed by atoms with van der Waals surface area (Å²) in [7, 11) is 2.95. The Morgan fingerprint density at radius 1 is 0.857 bits per heavy atom. The zero-order valence-electron chi connectivity index (χ0n) is 33.0. The summed E-state index contributed by atoms with van der Waals surface area (Å²) in [5, 5.41) is 21.5. The molecule has 0 aliphatic carbocycles. The summed E-state index contributed by atoms with van der Waals surface area (Å²) >= 11 is 0. The number of likely N-dealkylation sites (tertiary alicyclic amines) is 1. The molecule has 0 aromatic heterocycles. The van der Waals surface area contributed by atoms with E-state index >= 15 is 0 Å². The largest absolute Gasteiger partial charge is 0.496 e. The van der Waals surface area contributed by atoms with Crippen molar-refractivity contribution in [3.63, 3.8) is 0 Å². The summed E-state index contributed by atoms with van der Waals surface area (Å²) in [5.41, 5.74) is 0.774. The number of carbonyl (C=O) groups excluding carboxylic acids is 6. The molecule has 6 amide bonds. The summed E-state index contributed by atoms with van der Waals surface area (Å²) < 4.78 is 17.4. The maximum absolute atomic E-state index is 13.7. The lowest BCUT2D eigenvalue weighted by atomic mass is 10.0. The minimum Gasteiger partial charge on any atom is -0.496 e. The van der Waals surface area contributed by atoms with Crippen molar-refractivity contribution in [3.8, 4) is 23.0 Å².